The Balaban J connectivity index is 1.83. The van der Waals surface area contributed by atoms with Crippen LogP contribution in [-0.4, -0.2) is 59.7 Å². The molecule has 1 aliphatic heterocycles. The van der Waals surface area contributed by atoms with Gasteiger partial charge in [-0.2, -0.15) is 4.31 Å². The molecular formula is C21H21Cl2N3O7S. The second-order valence-corrected chi connectivity index (χ2v) is 10.6. The number of benzene rings is 2. The van der Waals surface area contributed by atoms with Crippen molar-refractivity contribution in [3.63, 3.8) is 0 Å². The Kier molecular flexibility index (Phi) is 7.71. The molecule has 34 heavy (non-hydrogen) atoms. The van der Waals surface area contributed by atoms with Crippen LogP contribution in [0.5, 0.6) is 0 Å². The van der Waals surface area contributed by atoms with Gasteiger partial charge in [0.1, 0.15) is 6.04 Å². The first-order chi connectivity index (χ1) is 15.8. The van der Waals surface area contributed by atoms with Gasteiger partial charge < -0.3 is 20.8 Å². The van der Waals surface area contributed by atoms with Crippen molar-refractivity contribution in [3.05, 3.63) is 63.1 Å². The number of nitrogens with one attached hydrogen (secondary N) is 2. The molecule has 2 atom stereocenters. The van der Waals surface area contributed by atoms with Crippen molar-refractivity contribution in [1.29, 1.82) is 0 Å². The van der Waals surface area contributed by atoms with Gasteiger partial charge in [-0.15, -0.1) is 0 Å². The first kappa shape index (κ1) is 25.8. The number of nitrogens with zero attached hydrogens (tertiary/aromatic N) is 1. The quantitative estimate of drug-likeness (QED) is 0.429. The Morgan fingerprint density at radius 1 is 1.15 bits per heavy atom. The molecule has 13 heteroatoms. The molecule has 0 radical (unpaired) electrons. The summed E-state index contributed by atoms with van der Waals surface area (Å²) in [4.78, 5) is 34.0. The van der Waals surface area contributed by atoms with Crippen LogP contribution in [0.3, 0.4) is 0 Å². The monoisotopic (exact) mass is 529 g/mol. The average molecular weight is 530 g/mol. The van der Waals surface area contributed by atoms with E-state index in [4.69, 9.17) is 33.4 Å². The zero-order chi connectivity index (χ0) is 25.2. The molecule has 2 aromatic rings. The van der Waals surface area contributed by atoms with Gasteiger partial charge in [-0.1, -0.05) is 35.3 Å². The second-order valence-electron chi connectivity index (χ2n) is 7.77. The summed E-state index contributed by atoms with van der Waals surface area (Å²) in [5, 5.41) is 23.1. The largest absolute Gasteiger partial charge is 0.481 e. The molecule has 0 saturated carbocycles. The van der Waals surface area contributed by atoms with E-state index in [-0.39, 0.29) is 19.0 Å². The normalized spacial score (nSPS) is 16.9. The molecule has 1 heterocycles. The van der Waals surface area contributed by atoms with Crippen LogP contribution < -0.4 is 10.6 Å². The molecule has 0 aliphatic carbocycles. The molecule has 0 saturated heterocycles. The lowest BCUT2D eigenvalue weighted by atomic mass is 9.85. The van der Waals surface area contributed by atoms with E-state index in [1.807, 2.05) is 0 Å². The Labute approximate surface area is 205 Å². The van der Waals surface area contributed by atoms with E-state index >= 15 is 0 Å². The minimum atomic E-state index is -3.50. The van der Waals surface area contributed by atoms with Crippen LogP contribution in [-0.2, 0) is 26.2 Å². The smallest absolute Gasteiger partial charge is 0.326 e. The maximum atomic E-state index is 12.3. The van der Waals surface area contributed by atoms with Crippen LogP contribution in [0.25, 0.3) is 0 Å². The van der Waals surface area contributed by atoms with Gasteiger partial charge in [0.15, 0.2) is 0 Å². The highest BCUT2D eigenvalue weighted by Gasteiger charge is 2.32. The molecule has 3 rings (SSSR count). The molecule has 2 aromatic carbocycles. The molecule has 0 aromatic heterocycles. The maximum Gasteiger partial charge on any atom is 0.326 e. The van der Waals surface area contributed by atoms with Crippen LogP contribution in [0.2, 0.25) is 10.0 Å². The van der Waals surface area contributed by atoms with Crippen molar-refractivity contribution in [3.8, 4) is 0 Å². The average Bonchev–Trinajstić information content (AvgIpc) is 2.72. The van der Waals surface area contributed by atoms with Crippen molar-refractivity contribution in [1.82, 2.24) is 9.62 Å². The fourth-order valence-electron chi connectivity index (χ4n) is 3.68. The summed E-state index contributed by atoms with van der Waals surface area (Å²) < 4.78 is 25.8. The van der Waals surface area contributed by atoms with E-state index in [9.17, 15) is 22.8 Å². The molecule has 1 unspecified atom stereocenters. The molecule has 182 valence electrons. The minimum absolute atomic E-state index is 0.127. The van der Waals surface area contributed by atoms with Gasteiger partial charge in [-0.25, -0.2) is 18.0 Å². The maximum absolute atomic E-state index is 12.3. The molecular weight excluding hydrogens is 509 g/mol. The van der Waals surface area contributed by atoms with Gasteiger partial charge in [-0.3, -0.25) is 4.79 Å². The summed E-state index contributed by atoms with van der Waals surface area (Å²) in [6.07, 6.45) is 0.351. The standard InChI is InChI=1S/C21H21Cl2N3O7S/c1-34(32,33)26-9-15(14-6-12(22)7-17(23)16(14)10-26)11-2-4-13(5-3-11)24-21(31)25-18(20(29)30)8-19(27)28/h2-7,15,18H,8-10H2,1H3,(H,27,28)(H,29,30)(H2,24,25,31)/t15?,18-/m0/s1. The number of anilines is 1. The number of hydrogen-bond acceptors (Lipinski definition) is 5. The first-order valence-corrected chi connectivity index (χ1v) is 12.5. The van der Waals surface area contributed by atoms with E-state index in [0.29, 0.717) is 21.3 Å². The molecule has 10 nitrogen and oxygen atoms in total. The minimum Gasteiger partial charge on any atom is -0.481 e. The number of aliphatic carboxylic acids is 2. The molecule has 0 spiro atoms. The zero-order valence-electron chi connectivity index (χ0n) is 17.8. The van der Waals surface area contributed by atoms with Gasteiger partial charge in [0.2, 0.25) is 10.0 Å². The van der Waals surface area contributed by atoms with E-state index < -0.39 is 40.5 Å². The van der Waals surface area contributed by atoms with Crippen molar-refractivity contribution >= 4 is 56.9 Å². The predicted octanol–water partition coefficient (Wildman–Crippen LogP) is 2.95. The highest BCUT2D eigenvalue weighted by atomic mass is 35.5. The topological polar surface area (TPSA) is 153 Å². The van der Waals surface area contributed by atoms with Gasteiger partial charge in [0.25, 0.3) is 0 Å². The highest BCUT2D eigenvalue weighted by molar-refractivity contribution is 7.88. The second kappa shape index (κ2) is 10.2. The summed E-state index contributed by atoms with van der Waals surface area (Å²) in [5.74, 6) is -3.21. The van der Waals surface area contributed by atoms with Crippen molar-refractivity contribution in [2.75, 3.05) is 18.1 Å². The molecule has 4 N–H and O–H groups in total. The molecule has 2 amide bonds. The van der Waals surface area contributed by atoms with Crippen LogP contribution >= 0.6 is 23.2 Å². The zero-order valence-corrected chi connectivity index (χ0v) is 20.1. The third-order valence-electron chi connectivity index (χ3n) is 5.31. The number of halogens is 2. The third kappa shape index (κ3) is 6.17. The summed E-state index contributed by atoms with van der Waals surface area (Å²) in [5.41, 5.74) is 2.52. The lowest BCUT2D eigenvalue weighted by Crippen LogP contribution is -2.44. The Bertz CT molecular complexity index is 1240. The lowest BCUT2D eigenvalue weighted by molar-refractivity contribution is -0.145. The van der Waals surface area contributed by atoms with Crippen LogP contribution in [0.4, 0.5) is 10.5 Å². The molecule has 0 fully saturated rings. The number of carbonyl (C=O) groups is 3. The van der Waals surface area contributed by atoms with Crippen molar-refractivity contribution in [2.24, 2.45) is 0 Å². The third-order valence-corrected chi connectivity index (χ3v) is 7.08. The molecule has 1 aliphatic rings. The number of carbonyl (C=O) groups excluding carboxylic acids is 1. The van der Waals surface area contributed by atoms with Gasteiger partial charge in [0.05, 0.1) is 12.7 Å². The number of carboxylic acid groups (broad SMARTS) is 2. The summed E-state index contributed by atoms with van der Waals surface area (Å²) in [6.45, 7) is 0.298. The summed E-state index contributed by atoms with van der Waals surface area (Å²) >= 11 is 12.5. The van der Waals surface area contributed by atoms with Gasteiger partial charge in [0, 0.05) is 34.7 Å². The number of carboxylic acids is 2. The number of rotatable bonds is 7. The highest BCUT2D eigenvalue weighted by Crippen LogP contribution is 2.39. The summed E-state index contributed by atoms with van der Waals surface area (Å²) in [6, 6.07) is 7.35. The van der Waals surface area contributed by atoms with E-state index in [2.05, 4.69) is 10.6 Å². The SMILES string of the molecule is CS(=O)(=O)N1Cc2c(Cl)cc(Cl)cc2C(c2ccc(NC(=O)N[C@@H](CC(=O)O)C(=O)O)cc2)C1. The summed E-state index contributed by atoms with van der Waals surface area (Å²) in [7, 11) is -3.50. The predicted molar refractivity (Wildman–Crippen MR) is 126 cm³/mol. The Morgan fingerprint density at radius 3 is 2.35 bits per heavy atom. The number of sulfonamides is 1. The van der Waals surface area contributed by atoms with Gasteiger partial charge >= 0.3 is 18.0 Å². The van der Waals surface area contributed by atoms with E-state index in [1.165, 1.54) is 4.31 Å². The van der Waals surface area contributed by atoms with Crippen molar-refractivity contribution in [2.45, 2.75) is 24.9 Å². The van der Waals surface area contributed by atoms with E-state index in [1.54, 1.807) is 36.4 Å². The fourth-order valence-corrected chi connectivity index (χ4v) is 5.03. The fraction of sp³-hybridized carbons (Fsp3) is 0.286. The molecule has 0 bridgehead atoms. The van der Waals surface area contributed by atoms with Crippen LogP contribution in [0.1, 0.15) is 29.0 Å². The van der Waals surface area contributed by atoms with Crippen LogP contribution in [0, 0.1) is 0 Å². The Hall–Kier alpha value is -2.86. The number of urea groups is 1. The first-order valence-electron chi connectivity index (χ1n) is 9.90. The number of fused-ring (bicyclic) bond motifs is 1. The van der Waals surface area contributed by atoms with Crippen LogP contribution in [0.15, 0.2) is 36.4 Å². The Morgan fingerprint density at radius 2 is 1.79 bits per heavy atom. The van der Waals surface area contributed by atoms with Gasteiger partial charge in [-0.05, 0) is 41.0 Å². The lowest BCUT2D eigenvalue weighted by Gasteiger charge is -2.34. The number of hydrogen-bond donors (Lipinski definition) is 4. The van der Waals surface area contributed by atoms with E-state index in [0.717, 1.165) is 17.4 Å². The van der Waals surface area contributed by atoms with Crippen molar-refractivity contribution < 1.29 is 33.0 Å². The number of amides is 2.